The Balaban J connectivity index is 1.97. The molecule has 5 nitrogen and oxygen atoms in total. The second-order valence-corrected chi connectivity index (χ2v) is 4.11. The smallest absolute Gasteiger partial charge is 0.379 e. The Morgan fingerprint density at radius 3 is 2.67 bits per heavy atom. The van der Waals surface area contributed by atoms with E-state index in [1.54, 1.807) is 13.0 Å². The van der Waals surface area contributed by atoms with Gasteiger partial charge in [-0.2, -0.15) is 0 Å². The van der Waals surface area contributed by atoms with Crippen LogP contribution < -0.4 is 4.74 Å². The van der Waals surface area contributed by atoms with Crippen molar-refractivity contribution in [1.82, 2.24) is 4.98 Å². The zero-order valence-corrected chi connectivity index (χ0v) is 10.2. The molecule has 1 fully saturated rings. The maximum atomic E-state index is 11.6. The maximum Gasteiger partial charge on any atom is 0.379 e. The third kappa shape index (κ3) is 2.85. The Labute approximate surface area is 105 Å². The molecule has 1 aliphatic rings. The molecule has 18 heavy (non-hydrogen) atoms. The summed E-state index contributed by atoms with van der Waals surface area (Å²) in [5.74, 6) is -1.05. The number of aromatic nitrogens is 1. The number of Topliss-reactive ketones (excluding diaryl/α,β-unsaturated/α-hetero) is 1. The Morgan fingerprint density at radius 2 is 2.17 bits per heavy atom. The van der Waals surface area contributed by atoms with E-state index >= 15 is 0 Å². The van der Waals surface area contributed by atoms with Crippen LogP contribution in [0.4, 0.5) is 0 Å². The Kier molecular flexibility index (Phi) is 3.92. The van der Waals surface area contributed by atoms with E-state index in [9.17, 15) is 9.59 Å². The van der Waals surface area contributed by atoms with E-state index in [1.807, 2.05) is 0 Å². The molecule has 0 atom stereocenters. The molecule has 0 N–H and O–H groups in total. The number of ether oxygens (including phenoxy) is 2. The van der Waals surface area contributed by atoms with Gasteiger partial charge < -0.3 is 9.47 Å². The van der Waals surface area contributed by atoms with Crippen LogP contribution >= 0.6 is 0 Å². The zero-order valence-electron chi connectivity index (χ0n) is 10.2. The number of carbonyl (C=O) groups excluding carboxylic acids is 2. The largest absolute Gasteiger partial charge is 0.474 e. The van der Waals surface area contributed by atoms with Crippen LogP contribution in [0.5, 0.6) is 5.88 Å². The second kappa shape index (κ2) is 5.62. The zero-order chi connectivity index (χ0) is 13.0. The van der Waals surface area contributed by atoms with Gasteiger partial charge in [0.15, 0.2) is 0 Å². The molecule has 1 aliphatic carbocycles. The molecule has 0 aliphatic heterocycles. The van der Waals surface area contributed by atoms with Crippen LogP contribution in [0.3, 0.4) is 0 Å². The van der Waals surface area contributed by atoms with Crippen molar-refractivity contribution in [2.45, 2.75) is 32.3 Å². The Hall–Kier alpha value is -1.91. The molecule has 0 saturated heterocycles. The number of ketones is 1. The van der Waals surface area contributed by atoms with Gasteiger partial charge in [-0.1, -0.05) is 0 Å². The topological polar surface area (TPSA) is 65.5 Å². The molecule has 0 unspecified atom stereocenters. The lowest BCUT2D eigenvalue weighted by Gasteiger charge is -2.25. The first-order valence-electron chi connectivity index (χ1n) is 6.05. The maximum absolute atomic E-state index is 11.6. The van der Waals surface area contributed by atoms with E-state index < -0.39 is 11.8 Å². The van der Waals surface area contributed by atoms with Gasteiger partial charge in [-0.15, -0.1) is 0 Å². The van der Waals surface area contributed by atoms with Crippen LogP contribution in [-0.4, -0.2) is 29.4 Å². The lowest BCUT2D eigenvalue weighted by atomic mass is 9.96. The number of pyridine rings is 1. The highest BCUT2D eigenvalue weighted by Gasteiger charge is 2.21. The van der Waals surface area contributed by atoms with Crippen LogP contribution in [0, 0.1) is 0 Å². The first-order chi connectivity index (χ1) is 8.70. The molecule has 1 saturated carbocycles. The highest BCUT2D eigenvalue weighted by Crippen LogP contribution is 2.23. The van der Waals surface area contributed by atoms with E-state index in [4.69, 9.17) is 4.74 Å². The normalized spacial score (nSPS) is 14.7. The molecule has 0 spiro atoms. The van der Waals surface area contributed by atoms with Crippen molar-refractivity contribution in [3.05, 3.63) is 23.9 Å². The van der Waals surface area contributed by atoms with E-state index in [0.717, 1.165) is 12.8 Å². The molecule has 96 valence electrons. The monoisotopic (exact) mass is 249 g/mol. The lowest BCUT2D eigenvalue weighted by molar-refractivity contribution is -0.137. The summed E-state index contributed by atoms with van der Waals surface area (Å²) in [5.41, 5.74) is 0.217. The summed E-state index contributed by atoms with van der Waals surface area (Å²) in [6.45, 7) is 1.83. The summed E-state index contributed by atoms with van der Waals surface area (Å²) >= 11 is 0. The Bertz CT molecular complexity index is 437. The summed E-state index contributed by atoms with van der Waals surface area (Å²) in [7, 11) is 0. The average Bonchev–Trinajstić information content (AvgIpc) is 2.34. The van der Waals surface area contributed by atoms with Crippen molar-refractivity contribution in [3.8, 4) is 5.88 Å². The van der Waals surface area contributed by atoms with Crippen molar-refractivity contribution >= 4 is 11.8 Å². The van der Waals surface area contributed by atoms with Gasteiger partial charge in [-0.25, -0.2) is 9.78 Å². The average molecular weight is 249 g/mol. The van der Waals surface area contributed by atoms with Gasteiger partial charge >= 0.3 is 5.97 Å². The van der Waals surface area contributed by atoms with Gasteiger partial charge in [0, 0.05) is 17.8 Å². The van der Waals surface area contributed by atoms with Gasteiger partial charge in [-0.05, 0) is 32.3 Å². The van der Waals surface area contributed by atoms with Crippen LogP contribution in [0.2, 0.25) is 0 Å². The standard InChI is InChI=1S/C13H15NO4/c1-2-17-13(16)12(15)9-6-7-11(14-8-9)18-10-4-3-5-10/h6-8,10H,2-5H2,1H3. The molecule has 1 aromatic heterocycles. The molecule has 1 aromatic rings. The van der Waals surface area contributed by atoms with Crippen molar-refractivity contribution < 1.29 is 19.1 Å². The van der Waals surface area contributed by atoms with Gasteiger partial charge in [0.05, 0.1) is 6.61 Å². The van der Waals surface area contributed by atoms with Gasteiger partial charge in [-0.3, -0.25) is 4.79 Å². The van der Waals surface area contributed by atoms with Gasteiger partial charge in [0.1, 0.15) is 6.10 Å². The molecule has 0 bridgehead atoms. The number of hydrogen-bond donors (Lipinski definition) is 0. The molecular weight excluding hydrogens is 234 g/mol. The predicted molar refractivity (Wildman–Crippen MR) is 63.5 cm³/mol. The number of rotatable bonds is 5. The number of esters is 1. The van der Waals surface area contributed by atoms with Crippen LogP contribution in [-0.2, 0) is 9.53 Å². The highest BCUT2D eigenvalue weighted by molar-refractivity contribution is 6.40. The lowest BCUT2D eigenvalue weighted by Crippen LogP contribution is -2.25. The first-order valence-corrected chi connectivity index (χ1v) is 6.05. The summed E-state index contributed by atoms with van der Waals surface area (Å²) in [5, 5.41) is 0. The van der Waals surface area contributed by atoms with Crippen molar-refractivity contribution in [3.63, 3.8) is 0 Å². The molecule has 0 amide bonds. The predicted octanol–water partition coefficient (Wildman–Crippen LogP) is 1.76. The second-order valence-electron chi connectivity index (χ2n) is 4.11. The fourth-order valence-corrected chi connectivity index (χ4v) is 1.56. The van der Waals surface area contributed by atoms with Gasteiger partial charge in [0.2, 0.25) is 5.88 Å². The molecule has 1 heterocycles. The minimum Gasteiger partial charge on any atom is -0.474 e. The van der Waals surface area contributed by atoms with E-state index in [1.165, 1.54) is 18.7 Å². The third-order valence-corrected chi connectivity index (χ3v) is 2.80. The molecular formula is C13H15NO4. The molecule has 0 radical (unpaired) electrons. The number of carbonyl (C=O) groups is 2. The van der Waals surface area contributed by atoms with Crippen molar-refractivity contribution in [1.29, 1.82) is 0 Å². The van der Waals surface area contributed by atoms with E-state index in [-0.39, 0.29) is 18.3 Å². The number of hydrogen-bond acceptors (Lipinski definition) is 5. The molecule has 5 heteroatoms. The summed E-state index contributed by atoms with van der Waals surface area (Å²) in [6.07, 6.45) is 4.86. The van der Waals surface area contributed by atoms with Crippen LogP contribution in [0.15, 0.2) is 18.3 Å². The Morgan fingerprint density at radius 1 is 1.39 bits per heavy atom. The van der Waals surface area contributed by atoms with E-state index in [2.05, 4.69) is 9.72 Å². The van der Waals surface area contributed by atoms with Crippen LogP contribution in [0.25, 0.3) is 0 Å². The van der Waals surface area contributed by atoms with Gasteiger partial charge in [0.25, 0.3) is 5.78 Å². The fraction of sp³-hybridized carbons (Fsp3) is 0.462. The summed E-state index contributed by atoms with van der Waals surface area (Å²) in [6, 6.07) is 3.13. The quantitative estimate of drug-likeness (QED) is 0.452. The van der Waals surface area contributed by atoms with Crippen LogP contribution in [0.1, 0.15) is 36.5 Å². The third-order valence-electron chi connectivity index (χ3n) is 2.80. The molecule has 2 rings (SSSR count). The number of nitrogens with zero attached hydrogens (tertiary/aromatic N) is 1. The summed E-state index contributed by atoms with van der Waals surface area (Å²) in [4.78, 5) is 26.8. The minimum atomic E-state index is -0.855. The highest BCUT2D eigenvalue weighted by atomic mass is 16.5. The van der Waals surface area contributed by atoms with Crippen molar-refractivity contribution in [2.75, 3.05) is 6.61 Å². The SMILES string of the molecule is CCOC(=O)C(=O)c1ccc(OC2CCC2)nc1. The van der Waals surface area contributed by atoms with Crippen molar-refractivity contribution in [2.24, 2.45) is 0 Å². The summed E-state index contributed by atoms with van der Waals surface area (Å²) < 4.78 is 10.2. The minimum absolute atomic E-state index is 0.181. The molecule has 0 aromatic carbocycles. The first kappa shape index (κ1) is 12.5. The van der Waals surface area contributed by atoms with E-state index in [0.29, 0.717) is 5.88 Å². The fourth-order valence-electron chi connectivity index (χ4n) is 1.56.